The predicted molar refractivity (Wildman–Crippen MR) is 84.2 cm³/mol. The summed E-state index contributed by atoms with van der Waals surface area (Å²) in [6.07, 6.45) is 1.63. The van der Waals surface area contributed by atoms with Gasteiger partial charge in [-0.3, -0.25) is 9.78 Å². The first-order chi connectivity index (χ1) is 10.0. The molecule has 0 radical (unpaired) electrons. The molecule has 0 atom stereocenters. The molecule has 1 aromatic carbocycles. The number of benzene rings is 1. The summed E-state index contributed by atoms with van der Waals surface area (Å²) in [6.45, 7) is 1.33. The number of carbonyl (C=O) groups is 1. The topological polar surface area (TPSA) is 54.5 Å². The molecule has 1 N–H and O–H groups in total. The number of hydrogen-bond acceptors (Lipinski definition) is 4. The highest BCUT2D eigenvalue weighted by Gasteiger charge is 2.15. The molecule has 0 saturated heterocycles. The average molecular weight is 308 g/mol. The Balaban J connectivity index is 2.33. The van der Waals surface area contributed by atoms with Crippen LogP contribution in [-0.2, 0) is 0 Å². The van der Waals surface area contributed by atoms with Crippen molar-refractivity contribution in [3.05, 3.63) is 35.0 Å². The minimum atomic E-state index is -0.185. The fourth-order valence-corrected chi connectivity index (χ4v) is 2.18. The van der Waals surface area contributed by atoms with E-state index in [-0.39, 0.29) is 5.91 Å². The molecule has 0 bridgehead atoms. The number of amides is 1. The molecule has 0 saturated carbocycles. The van der Waals surface area contributed by atoms with Crippen LogP contribution in [-0.4, -0.2) is 50.1 Å². The quantitative estimate of drug-likeness (QED) is 0.920. The first-order valence-corrected chi connectivity index (χ1v) is 6.96. The number of likely N-dealkylation sites (N-methyl/N-ethyl adjacent to an activating group) is 1. The van der Waals surface area contributed by atoms with E-state index in [1.807, 2.05) is 19.0 Å². The molecule has 2 rings (SSSR count). The van der Waals surface area contributed by atoms with E-state index in [4.69, 9.17) is 16.3 Å². The smallest absolute Gasteiger partial charge is 0.255 e. The van der Waals surface area contributed by atoms with Crippen LogP contribution in [0.15, 0.2) is 24.4 Å². The standard InChI is InChI=1S/C15H18ClN3O2/c1-19(2)7-6-18-15(20)11-8-10-12(16)4-5-17-13(10)9-14(11)21-3/h4-5,8-9H,6-7H2,1-3H3,(H,18,20). The van der Waals surface area contributed by atoms with Crippen LogP contribution >= 0.6 is 11.6 Å². The van der Waals surface area contributed by atoms with E-state index in [0.29, 0.717) is 28.4 Å². The maximum Gasteiger partial charge on any atom is 0.255 e. The highest BCUT2D eigenvalue weighted by atomic mass is 35.5. The van der Waals surface area contributed by atoms with Gasteiger partial charge in [0.15, 0.2) is 0 Å². The summed E-state index contributed by atoms with van der Waals surface area (Å²) in [6, 6.07) is 5.14. The Morgan fingerprint density at radius 1 is 1.43 bits per heavy atom. The third-order valence-electron chi connectivity index (χ3n) is 3.10. The van der Waals surface area contributed by atoms with E-state index in [1.165, 1.54) is 7.11 Å². The van der Waals surface area contributed by atoms with Gasteiger partial charge in [-0.05, 0) is 26.2 Å². The number of nitrogens with zero attached hydrogens (tertiary/aromatic N) is 2. The van der Waals surface area contributed by atoms with Crippen molar-refractivity contribution >= 4 is 28.4 Å². The molecule has 0 spiro atoms. The zero-order chi connectivity index (χ0) is 15.4. The molecule has 21 heavy (non-hydrogen) atoms. The van der Waals surface area contributed by atoms with Crippen LogP contribution in [0.25, 0.3) is 10.9 Å². The summed E-state index contributed by atoms with van der Waals surface area (Å²) in [5.74, 6) is 0.301. The summed E-state index contributed by atoms with van der Waals surface area (Å²) in [4.78, 5) is 18.5. The number of ether oxygens (including phenoxy) is 1. The Morgan fingerprint density at radius 2 is 2.19 bits per heavy atom. The fraction of sp³-hybridized carbons (Fsp3) is 0.333. The van der Waals surface area contributed by atoms with Gasteiger partial charge in [-0.15, -0.1) is 0 Å². The van der Waals surface area contributed by atoms with E-state index in [9.17, 15) is 4.79 Å². The second-order valence-corrected chi connectivity index (χ2v) is 5.33. The lowest BCUT2D eigenvalue weighted by Crippen LogP contribution is -2.31. The minimum absolute atomic E-state index is 0.185. The van der Waals surface area contributed by atoms with Crippen LogP contribution in [0.3, 0.4) is 0 Å². The first-order valence-electron chi connectivity index (χ1n) is 6.58. The van der Waals surface area contributed by atoms with Crippen molar-refractivity contribution in [1.29, 1.82) is 0 Å². The molecule has 0 unspecified atom stereocenters. The molecule has 112 valence electrons. The Labute approximate surface area is 128 Å². The highest BCUT2D eigenvalue weighted by Crippen LogP contribution is 2.29. The normalized spacial score (nSPS) is 10.9. The minimum Gasteiger partial charge on any atom is -0.496 e. The number of carbonyl (C=O) groups excluding carboxylic acids is 1. The third-order valence-corrected chi connectivity index (χ3v) is 3.43. The highest BCUT2D eigenvalue weighted by molar-refractivity contribution is 6.35. The van der Waals surface area contributed by atoms with Gasteiger partial charge in [-0.25, -0.2) is 0 Å². The van der Waals surface area contributed by atoms with Crippen LogP contribution in [0.2, 0.25) is 5.02 Å². The maximum absolute atomic E-state index is 12.3. The number of fused-ring (bicyclic) bond motifs is 1. The maximum atomic E-state index is 12.3. The molecule has 0 aliphatic rings. The molecular weight excluding hydrogens is 290 g/mol. The molecule has 1 amide bonds. The SMILES string of the molecule is COc1cc2nccc(Cl)c2cc1C(=O)NCCN(C)C. The van der Waals surface area contributed by atoms with Crippen LogP contribution in [0.5, 0.6) is 5.75 Å². The number of hydrogen-bond donors (Lipinski definition) is 1. The van der Waals surface area contributed by atoms with E-state index < -0.39 is 0 Å². The van der Waals surface area contributed by atoms with Crippen molar-refractivity contribution in [3.8, 4) is 5.75 Å². The lowest BCUT2D eigenvalue weighted by molar-refractivity contribution is 0.0948. The van der Waals surface area contributed by atoms with Crippen molar-refractivity contribution in [3.63, 3.8) is 0 Å². The molecular formula is C15H18ClN3O2. The summed E-state index contributed by atoms with van der Waals surface area (Å²) in [5, 5.41) is 4.16. The van der Waals surface area contributed by atoms with Crippen molar-refractivity contribution in [1.82, 2.24) is 15.2 Å². The number of methoxy groups -OCH3 is 1. The fourth-order valence-electron chi connectivity index (χ4n) is 1.97. The Morgan fingerprint density at radius 3 is 2.86 bits per heavy atom. The summed E-state index contributed by atoms with van der Waals surface area (Å²) < 4.78 is 5.29. The molecule has 1 aromatic heterocycles. The molecule has 0 aliphatic heterocycles. The van der Waals surface area contributed by atoms with Crippen molar-refractivity contribution < 1.29 is 9.53 Å². The zero-order valence-electron chi connectivity index (χ0n) is 12.3. The molecule has 1 heterocycles. The Bertz CT molecular complexity index is 659. The Kier molecular flexibility index (Phi) is 4.98. The van der Waals surface area contributed by atoms with Gasteiger partial charge in [0.2, 0.25) is 0 Å². The van der Waals surface area contributed by atoms with Gasteiger partial charge < -0.3 is 15.0 Å². The summed E-state index contributed by atoms with van der Waals surface area (Å²) >= 11 is 6.16. The van der Waals surface area contributed by atoms with Gasteiger partial charge in [0.1, 0.15) is 5.75 Å². The zero-order valence-corrected chi connectivity index (χ0v) is 13.1. The summed E-state index contributed by atoms with van der Waals surface area (Å²) in [7, 11) is 5.44. The lowest BCUT2D eigenvalue weighted by Gasteiger charge is -2.13. The second-order valence-electron chi connectivity index (χ2n) is 4.92. The third kappa shape index (κ3) is 3.62. The molecule has 6 heteroatoms. The molecule has 0 aliphatic carbocycles. The van der Waals surface area contributed by atoms with Crippen molar-refractivity contribution in [2.45, 2.75) is 0 Å². The number of rotatable bonds is 5. The van der Waals surface area contributed by atoms with E-state index in [2.05, 4.69) is 10.3 Å². The predicted octanol–water partition coefficient (Wildman–Crippen LogP) is 2.19. The van der Waals surface area contributed by atoms with Crippen molar-refractivity contribution in [2.75, 3.05) is 34.3 Å². The largest absolute Gasteiger partial charge is 0.496 e. The van der Waals surface area contributed by atoms with Gasteiger partial charge in [0.05, 0.1) is 23.2 Å². The number of aromatic nitrogens is 1. The van der Waals surface area contributed by atoms with Gasteiger partial charge in [-0.2, -0.15) is 0 Å². The van der Waals surface area contributed by atoms with Crippen molar-refractivity contribution in [2.24, 2.45) is 0 Å². The number of nitrogens with one attached hydrogen (secondary N) is 1. The van der Waals surface area contributed by atoms with Gasteiger partial charge in [0.25, 0.3) is 5.91 Å². The lowest BCUT2D eigenvalue weighted by atomic mass is 10.1. The van der Waals surface area contributed by atoms with Crippen LogP contribution in [0.4, 0.5) is 0 Å². The molecule has 2 aromatic rings. The second kappa shape index (κ2) is 6.74. The first kappa shape index (κ1) is 15.5. The van der Waals surface area contributed by atoms with Gasteiger partial charge >= 0.3 is 0 Å². The number of halogens is 1. The van der Waals surface area contributed by atoms with E-state index in [0.717, 1.165) is 11.9 Å². The van der Waals surface area contributed by atoms with Gasteiger partial charge in [0, 0.05) is 30.7 Å². The number of pyridine rings is 1. The Hall–Kier alpha value is -1.85. The van der Waals surface area contributed by atoms with Crippen LogP contribution in [0, 0.1) is 0 Å². The molecule has 5 nitrogen and oxygen atoms in total. The summed E-state index contributed by atoms with van der Waals surface area (Å²) in [5.41, 5.74) is 1.16. The van der Waals surface area contributed by atoms with Crippen LogP contribution in [0.1, 0.15) is 10.4 Å². The molecule has 0 fully saturated rings. The van der Waals surface area contributed by atoms with Gasteiger partial charge in [-0.1, -0.05) is 11.6 Å². The van der Waals surface area contributed by atoms with E-state index in [1.54, 1.807) is 24.4 Å². The average Bonchev–Trinajstić information content (AvgIpc) is 2.46. The van der Waals surface area contributed by atoms with Crippen LogP contribution < -0.4 is 10.1 Å². The van der Waals surface area contributed by atoms with E-state index >= 15 is 0 Å². The monoisotopic (exact) mass is 307 g/mol.